The second-order valence-electron chi connectivity index (χ2n) is 7.12. The average molecular weight is 462 g/mol. The predicted octanol–water partition coefficient (Wildman–Crippen LogP) is 4.71. The molecule has 1 heterocycles. The topological polar surface area (TPSA) is 93.4 Å². The van der Waals surface area contributed by atoms with Gasteiger partial charge in [0.05, 0.1) is 39.4 Å². The van der Waals surface area contributed by atoms with E-state index in [1.165, 1.54) is 33.5 Å². The number of carbonyl (C=O) groups is 1. The van der Waals surface area contributed by atoms with Crippen molar-refractivity contribution in [3.8, 4) is 40.1 Å². The number of benzene rings is 3. The molecule has 0 aliphatic carbocycles. The SMILES string of the molecule is COc1ccc(-c2oc3ccccc3c(=O)c2OC(=O)c2cc(OC)c(OC)c(OC)c2)cc1. The summed E-state index contributed by atoms with van der Waals surface area (Å²) in [6.07, 6.45) is 0. The predicted molar refractivity (Wildman–Crippen MR) is 126 cm³/mol. The van der Waals surface area contributed by atoms with Crippen LogP contribution in [0.5, 0.6) is 28.7 Å². The molecule has 0 amide bonds. The van der Waals surface area contributed by atoms with Crippen LogP contribution in [0.2, 0.25) is 0 Å². The molecule has 0 radical (unpaired) electrons. The van der Waals surface area contributed by atoms with Gasteiger partial charge in [-0.25, -0.2) is 4.79 Å². The van der Waals surface area contributed by atoms with E-state index in [2.05, 4.69) is 0 Å². The lowest BCUT2D eigenvalue weighted by Crippen LogP contribution is -2.16. The minimum atomic E-state index is -0.795. The number of hydrogen-bond acceptors (Lipinski definition) is 8. The van der Waals surface area contributed by atoms with E-state index in [1.807, 2.05) is 0 Å². The van der Waals surface area contributed by atoms with E-state index in [1.54, 1.807) is 55.6 Å². The van der Waals surface area contributed by atoms with Gasteiger partial charge in [0.2, 0.25) is 16.9 Å². The van der Waals surface area contributed by atoms with Crippen LogP contribution in [0.25, 0.3) is 22.3 Å². The molecule has 0 unspecified atom stereocenters. The number of ether oxygens (including phenoxy) is 5. The first-order valence-electron chi connectivity index (χ1n) is 10.2. The lowest BCUT2D eigenvalue weighted by Gasteiger charge is -2.14. The highest BCUT2D eigenvalue weighted by atomic mass is 16.5. The molecule has 0 spiro atoms. The number of hydrogen-bond donors (Lipinski definition) is 0. The third-order valence-electron chi connectivity index (χ3n) is 5.20. The maximum atomic E-state index is 13.3. The van der Waals surface area contributed by atoms with E-state index in [0.717, 1.165) is 0 Å². The number of fused-ring (bicyclic) bond motifs is 1. The van der Waals surface area contributed by atoms with Crippen LogP contribution in [-0.4, -0.2) is 34.4 Å². The number of esters is 1. The van der Waals surface area contributed by atoms with Gasteiger partial charge in [0.25, 0.3) is 0 Å². The highest BCUT2D eigenvalue weighted by Gasteiger charge is 2.23. The summed E-state index contributed by atoms with van der Waals surface area (Å²) in [6, 6.07) is 16.5. The van der Waals surface area contributed by atoms with E-state index in [0.29, 0.717) is 22.6 Å². The van der Waals surface area contributed by atoms with Gasteiger partial charge in [0, 0.05) is 5.56 Å². The molecule has 0 aliphatic rings. The monoisotopic (exact) mass is 462 g/mol. The Labute approximate surface area is 195 Å². The van der Waals surface area contributed by atoms with Gasteiger partial charge in [-0.2, -0.15) is 0 Å². The zero-order valence-corrected chi connectivity index (χ0v) is 19.0. The van der Waals surface area contributed by atoms with Crippen LogP contribution < -0.4 is 29.1 Å². The zero-order chi connectivity index (χ0) is 24.2. The summed E-state index contributed by atoms with van der Waals surface area (Å²) in [5.74, 6) is 0.587. The summed E-state index contributed by atoms with van der Waals surface area (Å²) in [5, 5.41) is 0.285. The fourth-order valence-corrected chi connectivity index (χ4v) is 3.50. The second-order valence-corrected chi connectivity index (χ2v) is 7.12. The molecule has 0 bridgehead atoms. The summed E-state index contributed by atoms with van der Waals surface area (Å²) in [5.41, 5.74) is 0.526. The van der Waals surface area contributed by atoms with Gasteiger partial charge in [-0.15, -0.1) is 0 Å². The van der Waals surface area contributed by atoms with Crippen molar-refractivity contribution in [3.05, 3.63) is 76.5 Å². The number of rotatable bonds is 7. The third kappa shape index (κ3) is 4.13. The highest BCUT2D eigenvalue weighted by molar-refractivity contribution is 5.94. The third-order valence-corrected chi connectivity index (χ3v) is 5.20. The number of para-hydroxylation sites is 1. The van der Waals surface area contributed by atoms with Crippen molar-refractivity contribution in [3.63, 3.8) is 0 Å². The minimum Gasteiger partial charge on any atom is -0.497 e. The first-order valence-corrected chi connectivity index (χ1v) is 10.2. The molecule has 0 saturated heterocycles. The second kappa shape index (κ2) is 9.58. The maximum absolute atomic E-state index is 13.3. The molecule has 8 nitrogen and oxygen atoms in total. The van der Waals surface area contributed by atoms with Crippen molar-refractivity contribution in [2.24, 2.45) is 0 Å². The molecule has 4 aromatic rings. The Bertz CT molecular complexity index is 1380. The lowest BCUT2D eigenvalue weighted by atomic mass is 10.1. The molecule has 0 saturated carbocycles. The Morgan fingerprint density at radius 1 is 0.765 bits per heavy atom. The van der Waals surface area contributed by atoms with Crippen molar-refractivity contribution in [2.75, 3.05) is 28.4 Å². The number of methoxy groups -OCH3 is 4. The Hall–Kier alpha value is -4.46. The average Bonchev–Trinajstić information content (AvgIpc) is 2.89. The van der Waals surface area contributed by atoms with Crippen molar-refractivity contribution in [1.82, 2.24) is 0 Å². The first-order chi connectivity index (χ1) is 16.5. The van der Waals surface area contributed by atoms with Crippen LogP contribution in [0, 0.1) is 0 Å². The van der Waals surface area contributed by atoms with Crippen molar-refractivity contribution in [1.29, 1.82) is 0 Å². The Balaban J connectivity index is 1.84. The molecular formula is C26H22O8. The van der Waals surface area contributed by atoms with Crippen LogP contribution in [0.15, 0.2) is 69.9 Å². The molecule has 0 N–H and O–H groups in total. The largest absolute Gasteiger partial charge is 0.497 e. The van der Waals surface area contributed by atoms with Crippen LogP contribution >= 0.6 is 0 Å². The summed E-state index contributed by atoms with van der Waals surface area (Å²) < 4.78 is 32.8. The van der Waals surface area contributed by atoms with Gasteiger partial charge >= 0.3 is 5.97 Å². The van der Waals surface area contributed by atoms with Gasteiger partial charge in [0.15, 0.2) is 17.3 Å². The summed E-state index contributed by atoms with van der Waals surface area (Å²) >= 11 is 0. The molecule has 4 rings (SSSR count). The van der Waals surface area contributed by atoms with Gasteiger partial charge in [0.1, 0.15) is 11.3 Å². The van der Waals surface area contributed by atoms with E-state index >= 15 is 0 Å². The fraction of sp³-hybridized carbons (Fsp3) is 0.154. The van der Waals surface area contributed by atoms with Crippen LogP contribution in [0.3, 0.4) is 0 Å². The van der Waals surface area contributed by atoms with Gasteiger partial charge < -0.3 is 28.1 Å². The van der Waals surface area contributed by atoms with Crippen LogP contribution in [-0.2, 0) is 0 Å². The quantitative estimate of drug-likeness (QED) is 0.365. The van der Waals surface area contributed by atoms with Crippen LogP contribution in [0.1, 0.15) is 10.4 Å². The molecule has 1 aromatic heterocycles. The zero-order valence-electron chi connectivity index (χ0n) is 19.0. The highest BCUT2D eigenvalue weighted by Crippen LogP contribution is 2.39. The van der Waals surface area contributed by atoms with Gasteiger partial charge in [-0.05, 0) is 48.5 Å². The van der Waals surface area contributed by atoms with Gasteiger partial charge in [-0.1, -0.05) is 12.1 Å². The number of carbonyl (C=O) groups excluding carboxylic acids is 1. The molecule has 0 atom stereocenters. The summed E-state index contributed by atoms with van der Waals surface area (Å²) in [4.78, 5) is 26.5. The Kier molecular flexibility index (Phi) is 6.40. The molecule has 34 heavy (non-hydrogen) atoms. The van der Waals surface area contributed by atoms with Gasteiger partial charge in [-0.3, -0.25) is 4.79 Å². The maximum Gasteiger partial charge on any atom is 0.344 e. The van der Waals surface area contributed by atoms with Crippen molar-refractivity contribution in [2.45, 2.75) is 0 Å². The molecule has 0 aliphatic heterocycles. The first kappa shape index (κ1) is 22.7. The molecular weight excluding hydrogens is 440 g/mol. The Morgan fingerprint density at radius 2 is 1.41 bits per heavy atom. The standard InChI is InChI=1S/C26H22O8/c1-29-17-11-9-15(10-12-17)23-25(22(27)18-7-5-6-8-19(18)33-23)34-26(28)16-13-20(30-2)24(32-4)21(14-16)31-3/h5-14H,1-4H3. The van der Waals surface area contributed by atoms with E-state index in [9.17, 15) is 9.59 Å². The summed E-state index contributed by atoms with van der Waals surface area (Å²) in [7, 11) is 5.88. The van der Waals surface area contributed by atoms with E-state index in [4.69, 9.17) is 28.1 Å². The summed E-state index contributed by atoms with van der Waals surface area (Å²) in [6.45, 7) is 0. The van der Waals surface area contributed by atoms with Crippen molar-refractivity contribution >= 4 is 16.9 Å². The minimum absolute atomic E-state index is 0.0998. The van der Waals surface area contributed by atoms with E-state index < -0.39 is 11.4 Å². The van der Waals surface area contributed by atoms with Crippen molar-refractivity contribution < 1.29 is 32.9 Å². The van der Waals surface area contributed by atoms with Crippen LogP contribution in [0.4, 0.5) is 0 Å². The van der Waals surface area contributed by atoms with E-state index in [-0.39, 0.29) is 34.0 Å². The molecule has 174 valence electrons. The molecule has 8 heteroatoms. The Morgan fingerprint density at radius 3 is 2.00 bits per heavy atom. The molecule has 3 aromatic carbocycles. The normalized spacial score (nSPS) is 10.6. The fourth-order valence-electron chi connectivity index (χ4n) is 3.50. The smallest absolute Gasteiger partial charge is 0.344 e. The lowest BCUT2D eigenvalue weighted by molar-refractivity contribution is 0.0730. The molecule has 0 fully saturated rings.